The second-order valence-electron chi connectivity index (χ2n) is 13.6. The molecule has 2 heterocycles. The van der Waals surface area contributed by atoms with Crippen LogP contribution in [-0.4, -0.2) is 76.8 Å². The third kappa shape index (κ3) is 9.99. The Bertz CT molecular complexity index is 2330. The van der Waals surface area contributed by atoms with Crippen LogP contribution in [0.1, 0.15) is 53.6 Å². The van der Waals surface area contributed by atoms with Crippen molar-refractivity contribution in [1.29, 1.82) is 0 Å². The summed E-state index contributed by atoms with van der Waals surface area (Å²) >= 11 is 6.59. The Labute approximate surface area is 338 Å². The van der Waals surface area contributed by atoms with Crippen LogP contribution < -0.4 is 16.1 Å². The van der Waals surface area contributed by atoms with Crippen LogP contribution in [0.4, 0.5) is 0 Å². The molecule has 6 N–H and O–H groups in total. The maximum absolute atomic E-state index is 13.7. The molecular formula is C42H42ClN9O6. The van der Waals surface area contributed by atoms with Gasteiger partial charge in [0.25, 0.3) is 11.8 Å². The van der Waals surface area contributed by atoms with Gasteiger partial charge in [-0.3, -0.25) is 19.6 Å². The van der Waals surface area contributed by atoms with E-state index >= 15 is 0 Å². The molecule has 15 nitrogen and oxygen atoms in total. The van der Waals surface area contributed by atoms with E-state index in [9.17, 15) is 29.5 Å². The number of benzene rings is 4. The number of amides is 3. The third-order valence-electron chi connectivity index (χ3n) is 9.67. The molecule has 0 spiro atoms. The van der Waals surface area contributed by atoms with Crippen LogP contribution in [-0.2, 0) is 33.8 Å². The third-order valence-corrected chi connectivity index (χ3v) is 9.93. The van der Waals surface area contributed by atoms with Crippen molar-refractivity contribution >= 4 is 35.3 Å². The molecule has 0 radical (unpaired) electrons. The largest absolute Gasteiger partial charge is 0.480 e. The number of rotatable bonds is 18. The highest BCUT2D eigenvalue weighted by atomic mass is 35.5. The fraction of sp³-hybridized carbons (Fsp3) is 0.238. The maximum atomic E-state index is 13.7. The van der Waals surface area contributed by atoms with Gasteiger partial charge in [0.05, 0.1) is 0 Å². The van der Waals surface area contributed by atoms with E-state index in [1.54, 1.807) is 16.7 Å². The smallest absolute Gasteiger partial charge is 0.326 e. The first-order valence-corrected chi connectivity index (χ1v) is 19.1. The van der Waals surface area contributed by atoms with Crippen molar-refractivity contribution in [2.75, 3.05) is 6.54 Å². The SMILES string of the molecule is CCCCc1nc(Cl)c(C(=O)NCCC(NC(=O)C(Cc2ccc(-c3ccccc3)cc2)C(=O)NO)C(=O)O)n1Cc1ccc(-c2ccccc2-c2nn[nH]n2)cc1. The van der Waals surface area contributed by atoms with Crippen LogP contribution in [0, 0.1) is 5.92 Å². The Morgan fingerprint density at radius 2 is 1.48 bits per heavy atom. The lowest BCUT2D eigenvalue weighted by Gasteiger charge is -2.20. The molecule has 4 aromatic carbocycles. The van der Waals surface area contributed by atoms with Crippen LogP contribution >= 0.6 is 11.6 Å². The van der Waals surface area contributed by atoms with E-state index in [-0.39, 0.29) is 36.8 Å². The predicted octanol–water partition coefficient (Wildman–Crippen LogP) is 5.50. The summed E-state index contributed by atoms with van der Waals surface area (Å²) in [5.41, 5.74) is 7.71. The molecule has 16 heteroatoms. The number of tetrazole rings is 1. The number of aromatic amines is 1. The lowest BCUT2D eigenvalue weighted by atomic mass is 9.95. The molecule has 0 fully saturated rings. The van der Waals surface area contributed by atoms with Crippen molar-refractivity contribution in [3.05, 3.63) is 131 Å². The van der Waals surface area contributed by atoms with Crippen molar-refractivity contribution < 1.29 is 29.5 Å². The van der Waals surface area contributed by atoms with Gasteiger partial charge in [-0.05, 0) is 57.9 Å². The fourth-order valence-corrected chi connectivity index (χ4v) is 6.87. The minimum Gasteiger partial charge on any atom is -0.480 e. The molecule has 2 unspecified atom stereocenters. The molecule has 2 aromatic heterocycles. The molecule has 58 heavy (non-hydrogen) atoms. The summed E-state index contributed by atoms with van der Waals surface area (Å²) in [6.45, 7) is 2.17. The van der Waals surface area contributed by atoms with Gasteiger partial charge in [0.1, 0.15) is 23.5 Å². The molecule has 0 bridgehead atoms. The van der Waals surface area contributed by atoms with Gasteiger partial charge in [0.2, 0.25) is 11.7 Å². The Hall–Kier alpha value is -6.71. The van der Waals surface area contributed by atoms with Crippen LogP contribution in [0.2, 0.25) is 5.15 Å². The van der Waals surface area contributed by atoms with Gasteiger partial charge in [0.15, 0.2) is 5.15 Å². The molecule has 0 aliphatic carbocycles. The normalized spacial score (nSPS) is 12.1. The number of carbonyl (C=O) groups excluding carboxylic acids is 3. The zero-order chi connectivity index (χ0) is 41.0. The fourth-order valence-electron chi connectivity index (χ4n) is 6.58. The Kier molecular flexibility index (Phi) is 13.7. The number of hydroxylamine groups is 1. The second-order valence-corrected chi connectivity index (χ2v) is 13.9. The first kappa shape index (κ1) is 40.9. The number of hydrogen-bond donors (Lipinski definition) is 6. The molecule has 3 amide bonds. The number of aliphatic carboxylic acids is 1. The van der Waals surface area contributed by atoms with Crippen LogP contribution in [0.25, 0.3) is 33.6 Å². The number of hydrogen-bond acceptors (Lipinski definition) is 9. The van der Waals surface area contributed by atoms with E-state index in [2.05, 4.69) is 36.2 Å². The lowest BCUT2D eigenvalue weighted by molar-refractivity contribution is -0.146. The van der Waals surface area contributed by atoms with E-state index in [1.807, 2.05) is 97.9 Å². The number of imidazole rings is 1. The zero-order valence-electron chi connectivity index (χ0n) is 31.6. The van der Waals surface area contributed by atoms with Crippen molar-refractivity contribution in [2.45, 2.75) is 51.6 Å². The summed E-state index contributed by atoms with van der Waals surface area (Å²) in [6.07, 6.45) is 1.97. The number of unbranched alkanes of at least 4 members (excludes halogenated alkanes) is 1. The molecule has 0 aliphatic heterocycles. The summed E-state index contributed by atoms with van der Waals surface area (Å²) in [7, 11) is 0. The van der Waals surface area contributed by atoms with Gasteiger partial charge in [-0.1, -0.05) is 128 Å². The number of carbonyl (C=O) groups is 4. The predicted molar refractivity (Wildman–Crippen MR) is 216 cm³/mol. The highest BCUT2D eigenvalue weighted by molar-refractivity contribution is 6.32. The van der Waals surface area contributed by atoms with Gasteiger partial charge < -0.3 is 20.3 Å². The molecule has 6 aromatic rings. The summed E-state index contributed by atoms with van der Waals surface area (Å²) in [5.74, 6) is -4.17. The lowest BCUT2D eigenvalue weighted by Crippen LogP contribution is -2.49. The summed E-state index contributed by atoms with van der Waals surface area (Å²) < 4.78 is 1.76. The van der Waals surface area contributed by atoms with Crippen LogP contribution in [0.5, 0.6) is 0 Å². The first-order valence-electron chi connectivity index (χ1n) is 18.7. The summed E-state index contributed by atoms with van der Waals surface area (Å²) in [5, 5.41) is 38.9. The molecule has 0 aliphatic rings. The van der Waals surface area contributed by atoms with Gasteiger partial charge >= 0.3 is 5.97 Å². The van der Waals surface area contributed by atoms with E-state index in [1.165, 1.54) is 5.48 Å². The molecule has 6 rings (SSSR count). The van der Waals surface area contributed by atoms with Crippen molar-refractivity contribution in [3.63, 3.8) is 0 Å². The van der Waals surface area contributed by atoms with E-state index in [0.717, 1.165) is 46.2 Å². The van der Waals surface area contributed by atoms with Crippen molar-refractivity contribution in [3.8, 4) is 33.6 Å². The van der Waals surface area contributed by atoms with Crippen LogP contribution in [0.3, 0.4) is 0 Å². The van der Waals surface area contributed by atoms with Crippen LogP contribution in [0.15, 0.2) is 103 Å². The number of aromatic nitrogens is 6. The quantitative estimate of drug-likeness (QED) is 0.0365. The van der Waals surface area contributed by atoms with Gasteiger partial charge in [-0.15, -0.1) is 10.2 Å². The number of carboxylic acid groups (broad SMARTS) is 1. The molecule has 298 valence electrons. The number of nitrogens with one attached hydrogen (secondary N) is 4. The van der Waals surface area contributed by atoms with Gasteiger partial charge in [-0.25, -0.2) is 15.3 Å². The maximum Gasteiger partial charge on any atom is 0.326 e. The number of aryl methyl sites for hydroxylation is 1. The van der Waals surface area contributed by atoms with E-state index < -0.39 is 35.7 Å². The Morgan fingerprint density at radius 1 is 0.828 bits per heavy atom. The Morgan fingerprint density at radius 3 is 2.14 bits per heavy atom. The molecular weight excluding hydrogens is 762 g/mol. The summed E-state index contributed by atoms with van der Waals surface area (Å²) in [6, 6.07) is 30.9. The minimum atomic E-state index is -1.47. The van der Waals surface area contributed by atoms with E-state index in [4.69, 9.17) is 11.6 Å². The topological polar surface area (TPSA) is 217 Å². The molecule has 2 atom stereocenters. The number of nitrogens with zero attached hydrogens (tertiary/aromatic N) is 5. The van der Waals surface area contributed by atoms with E-state index in [0.29, 0.717) is 23.6 Å². The average molecular weight is 804 g/mol. The standard InChI is InChI=1S/C42H42ClN9O6/c1-2-3-13-35-46-37(43)36(52(35)25-27-16-20-30(21-17-27)31-11-7-8-12-32(31)38-47-50-51-48-38)41(55)44-23-22-34(42(56)57)45-39(53)33(40(54)49-58)24-26-14-18-29(19-15-26)28-9-5-4-6-10-28/h4-12,14-21,33-34,58H,2-3,13,22-25H2,1H3,(H,44,55)(H,45,53)(H,49,54)(H,56,57)(H,47,48,50,51). The highest BCUT2D eigenvalue weighted by Crippen LogP contribution is 2.30. The minimum absolute atomic E-state index is 0.00649. The Balaban J connectivity index is 1.12. The second kappa shape index (κ2) is 19.4. The monoisotopic (exact) mass is 803 g/mol. The summed E-state index contributed by atoms with van der Waals surface area (Å²) in [4.78, 5) is 56.4. The van der Waals surface area contributed by atoms with Gasteiger partial charge in [-0.2, -0.15) is 5.21 Å². The molecule has 0 saturated heterocycles. The van der Waals surface area contributed by atoms with Crippen molar-refractivity contribution in [1.82, 2.24) is 46.3 Å². The molecule has 0 saturated carbocycles. The van der Waals surface area contributed by atoms with Gasteiger partial charge in [0, 0.05) is 25.1 Å². The number of H-pyrrole nitrogens is 1. The highest BCUT2D eigenvalue weighted by Gasteiger charge is 2.31. The first-order chi connectivity index (χ1) is 28.2. The zero-order valence-corrected chi connectivity index (χ0v) is 32.3. The number of halogens is 1. The number of carboxylic acids is 1. The average Bonchev–Trinajstić information content (AvgIpc) is 3.90. The van der Waals surface area contributed by atoms with Crippen molar-refractivity contribution in [2.24, 2.45) is 5.92 Å².